The number of nitrogens with two attached hydrogens (primary N) is 1. The molecule has 0 aromatic carbocycles. The van der Waals surface area contributed by atoms with Crippen LogP contribution in [-0.2, 0) is 0 Å². The molecule has 1 aromatic heterocycles. The molecule has 0 aliphatic heterocycles. The first kappa shape index (κ1) is 13.1. The summed E-state index contributed by atoms with van der Waals surface area (Å²) < 4.78 is 6.04. The summed E-state index contributed by atoms with van der Waals surface area (Å²) in [6, 6.07) is 1.86. The molecule has 0 bridgehead atoms. The first-order chi connectivity index (χ1) is 8.72. The minimum Gasteiger partial charge on any atom is -0.474 e. The van der Waals surface area contributed by atoms with Gasteiger partial charge in [0, 0.05) is 11.8 Å². The van der Waals surface area contributed by atoms with E-state index in [-0.39, 0.29) is 6.10 Å². The van der Waals surface area contributed by atoms with Gasteiger partial charge in [0.1, 0.15) is 6.10 Å². The van der Waals surface area contributed by atoms with Crippen molar-refractivity contribution in [2.45, 2.75) is 52.1 Å². The summed E-state index contributed by atoms with van der Waals surface area (Å²) in [6.45, 7) is 4.14. The predicted octanol–water partition coefficient (Wildman–Crippen LogP) is 2.42. The number of rotatable bonds is 4. The van der Waals surface area contributed by atoms with Crippen LogP contribution in [0.15, 0.2) is 6.07 Å². The summed E-state index contributed by atoms with van der Waals surface area (Å²) in [5.74, 6) is 7.02. The van der Waals surface area contributed by atoms with E-state index in [0.29, 0.717) is 17.7 Å². The quantitative estimate of drug-likeness (QED) is 0.634. The molecule has 2 rings (SSSR count). The predicted molar refractivity (Wildman–Crippen MR) is 71.2 cm³/mol. The van der Waals surface area contributed by atoms with Crippen molar-refractivity contribution in [2.24, 2.45) is 11.8 Å². The first-order valence-corrected chi connectivity index (χ1v) is 6.72. The SMILES string of the molecule is CCC1CCCCC1Oc1cc(C)nc(NN)n1. The molecule has 5 heteroatoms. The molecule has 2 unspecified atom stereocenters. The summed E-state index contributed by atoms with van der Waals surface area (Å²) >= 11 is 0. The second-order valence-corrected chi connectivity index (χ2v) is 4.92. The highest BCUT2D eigenvalue weighted by molar-refractivity contribution is 5.29. The topological polar surface area (TPSA) is 73.1 Å². The number of nitrogens with zero attached hydrogens (tertiary/aromatic N) is 2. The molecule has 1 saturated carbocycles. The number of aryl methyl sites for hydroxylation is 1. The highest BCUT2D eigenvalue weighted by Crippen LogP contribution is 2.30. The van der Waals surface area contributed by atoms with Gasteiger partial charge in [0.2, 0.25) is 11.8 Å². The van der Waals surface area contributed by atoms with Crippen LogP contribution in [0.3, 0.4) is 0 Å². The molecule has 18 heavy (non-hydrogen) atoms. The zero-order valence-electron chi connectivity index (χ0n) is 11.1. The largest absolute Gasteiger partial charge is 0.474 e. The van der Waals surface area contributed by atoms with E-state index in [9.17, 15) is 0 Å². The molecule has 3 N–H and O–H groups in total. The molecule has 1 aliphatic carbocycles. The van der Waals surface area contributed by atoms with E-state index in [1.807, 2.05) is 13.0 Å². The maximum atomic E-state index is 6.04. The lowest BCUT2D eigenvalue weighted by Gasteiger charge is -2.30. The van der Waals surface area contributed by atoms with Gasteiger partial charge in [-0.1, -0.05) is 13.3 Å². The normalized spacial score (nSPS) is 23.7. The Balaban J connectivity index is 2.09. The van der Waals surface area contributed by atoms with Gasteiger partial charge in [-0.25, -0.2) is 10.8 Å². The average Bonchev–Trinajstić information content (AvgIpc) is 2.38. The third-order valence-corrected chi connectivity index (χ3v) is 3.60. The fourth-order valence-electron chi connectivity index (χ4n) is 2.62. The fourth-order valence-corrected chi connectivity index (χ4v) is 2.62. The van der Waals surface area contributed by atoms with Crippen LogP contribution < -0.4 is 16.0 Å². The van der Waals surface area contributed by atoms with Gasteiger partial charge < -0.3 is 4.74 Å². The summed E-state index contributed by atoms with van der Waals surface area (Å²) in [5, 5.41) is 0. The molecule has 0 amide bonds. The lowest BCUT2D eigenvalue weighted by atomic mass is 9.85. The molecule has 2 atom stereocenters. The van der Waals surface area contributed by atoms with Crippen molar-refractivity contribution >= 4 is 5.95 Å². The summed E-state index contributed by atoms with van der Waals surface area (Å²) in [5.41, 5.74) is 3.33. The van der Waals surface area contributed by atoms with E-state index in [4.69, 9.17) is 10.6 Å². The molecule has 0 spiro atoms. The Hall–Kier alpha value is -1.36. The van der Waals surface area contributed by atoms with Crippen LogP contribution in [0.1, 0.15) is 44.7 Å². The van der Waals surface area contributed by atoms with Crippen LogP contribution >= 0.6 is 0 Å². The van der Waals surface area contributed by atoms with Gasteiger partial charge in [-0.05, 0) is 38.5 Å². The van der Waals surface area contributed by atoms with E-state index in [1.54, 1.807) is 0 Å². The highest BCUT2D eigenvalue weighted by atomic mass is 16.5. The van der Waals surface area contributed by atoms with Gasteiger partial charge in [0.25, 0.3) is 0 Å². The lowest BCUT2D eigenvalue weighted by Crippen LogP contribution is -2.30. The zero-order valence-corrected chi connectivity index (χ0v) is 11.1. The minimum atomic E-state index is 0.281. The first-order valence-electron chi connectivity index (χ1n) is 6.72. The van der Waals surface area contributed by atoms with Gasteiger partial charge in [-0.3, -0.25) is 5.43 Å². The van der Waals surface area contributed by atoms with Gasteiger partial charge >= 0.3 is 0 Å². The van der Waals surface area contributed by atoms with Crippen molar-refractivity contribution in [1.82, 2.24) is 9.97 Å². The Labute approximate surface area is 108 Å². The molecule has 100 valence electrons. The molecule has 1 fully saturated rings. The summed E-state index contributed by atoms with van der Waals surface area (Å²) in [4.78, 5) is 8.40. The van der Waals surface area contributed by atoms with E-state index >= 15 is 0 Å². The van der Waals surface area contributed by atoms with Crippen molar-refractivity contribution < 1.29 is 4.74 Å². The number of ether oxygens (including phenoxy) is 1. The van der Waals surface area contributed by atoms with Gasteiger partial charge in [-0.15, -0.1) is 0 Å². The van der Waals surface area contributed by atoms with E-state index in [1.165, 1.54) is 19.3 Å². The summed E-state index contributed by atoms with van der Waals surface area (Å²) in [6.07, 6.45) is 6.38. The minimum absolute atomic E-state index is 0.281. The van der Waals surface area contributed by atoms with Crippen LogP contribution in [0.5, 0.6) is 5.88 Å². The van der Waals surface area contributed by atoms with Crippen molar-refractivity contribution in [3.63, 3.8) is 0 Å². The van der Waals surface area contributed by atoms with Crippen molar-refractivity contribution in [3.05, 3.63) is 11.8 Å². The zero-order chi connectivity index (χ0) is 13.0. The van der Waals surface area contributed by atoms with Crippen LogP contribution in [0.4, 0.5) is 5.95 Å². The van der Waals surface area contributed by atoms with E-state index < -0.39 is 0 Å². The maximum absolute atomic E-state index is 6.04. The number of hydrogen-bond acceptors (Lipinski definition) is 5. The third kappa shape index (κ3) is 3.10. The molecular weight excluding hydrogens is 228 g/mol. The van der Waals surface area contributed by atoms with E-state index in [2.05, 4.69) is 22.3 Å². The monoisotopic (exact) mass is 250 g/mol. The molecule has 5 nitrogen and oxygen atoms in total. The summed E-state index contributed by atoms with van der Waals surface area (Å²) in [7, 11) is 0. The lowest BCUT2D eigenvalue weighted by molar-refractivity contribution is 0.0858. The Morgan fingerprint density at radius 2 is 2.17 bits per heavy atom. The van der Waals surface area contributed by atoms with Crippen molar-refractivity contribution in [3.8, 4) is 5.88 Å². The highest BCUT2D eigenvalue weighted by Gasteiger charge is 2.25. The molecule has 1 heterocycles. The smallest absolute Gasteiger partial charge is 0.240 e. The van der Waals surface area contributed by atoms with Gasteiger partial charge in [0.15, 0.2) is 0 Å². The van der Waals surface area contributed by atoms with Crippen LogP contribution in [0.25, 0.3) is 0 Å². The van der Waals surface area contributed by atoms with Crippen LogP contribution in [-0.4, -0.2) is 16.1 Å². The molecule has 0 saturated heterocycles. The number of nitrogen functional groups attached to an aromatic ring is 1. The fraction of sp³-hybridized carbons (Fsp3) is 0.692. The Bertz CT molecular complexity index is 397. The van der Waals surface area contributed by atoms with Crippen molar-refractivity contribution in [1.29, 1.82) is 0 Å². The number of hydrogen-bond donors (Lipinski definition) is 2. The number of hydrazine groups is 1. The van der Waals surface area contributed by atoms with Crippen molar-refractivity contribution in [2.75, 3.05) is 5.43 Å². The molecular formula is C13H22N4O. The second-order valence-electron chi connectivity index (χ2n) is 4.92. The van der Waals surface area contributed by atoms with Gasteiger partial charge in [-0.2, -0.15) is 4.98 Å². The molecule has 1 aliphatic rings. The molecule has 1 aromatic rings. The van der Waals surface area contributed by atoms with Crippen LogP contribution in [0.2, 0.25) is 0 Å². The standard InChI is InChI=1S/C13H22N4O/c1-3-10-6-4-5-7-11(10)18-12-8-9(2)15-13(16-12)17-14/h8,10-11H,3-7,14H2,1-2H3,(H,15,16,17). The number of aromatic nitrogens is 2. The second kappa shape index (κ2) is 6.00. The van der Waals surface area contributed by atoms with Crippen LogP contribution in [0, 0.1) is 12.8 Å². The number of anilines is 1. The Morgan fingerprint density at radius 1 is 1.39 bits per heavy atom. The maximum Gasteiger partial charge on any atom is 0.240 e. The van der Waals surface area contributed by atoms with E-state index in [0.717, 1.165) is 18.5 Å². The average molecular weight is 250 g/mol. The van der Waals surface area contributed by atoms with Gasteiger partial charge in [0.05, 0.1) is 0 Å². The molecule has 0 radical (unpaired) electrons. The number of nitrogens with one attached hydrogen (secondary N) is 1. The Morgan fingerprint density at radius 3 is 2.89 bits per heavy atom. The third-order valence-electron chi connectivity index (χ3n) is 3.60. The Kier molecular flexibility index (Phi) is 4.36.